The van der Waals surface area contributed by atoms with E-state index >= 15 is 0 Å². The van der Waals surface area contributed by atoms with E-state index in [0.29, 0.717) is 12.1 Å². The number of nitrogens with zero attached hydrogens (tertiary/aromatic N) is 3. The van der Waals surface area contributed by atoms with Gasteiger partial charge in [0.05, 0.1) is 16.5 Å². The Balaban J connectivity index is 1.90. The summed E-state index contributed by atoms with van der Waals surface area (Å²) in [6.07, 6.45) is 0.770. The zero-order valence-electron chi connectivity index (χ0n) is 15.7. The van der Waals surface area contributed by atoms with Gasteiger partial charge in [-0.2, -0.15) is 0 Å². The summed E-state index contributed by atoms with van der Waals surface area (Å²) in [5.74, 6) is -0.936. The molecule has 0 saturated heterocycles. The molecule has 0 fully saturated rings. The van der Waals surface area contributed by atoms with Crippen molar-refractivity contribution in [1.29, 1.82) is 0 Å². The van der Waals surface area contributed by atoms with E-state index < -0.39 is 10.7 Å². The zero-order chi connectivity index (χ0) is 20.3. The van der Waals surface area contributed by atoms with E-state index in [0.717, 1.165) is 12.0 Å². The molecule has 1 heterocycles. The Morgan fingerprint density at radius 1 is 1.25 bits per heavy atom. The van der Waals surface area contributed by atoms with Crippen LogP contribution >= 0.6 is 0 Å². The minimum absolute atomic E-state index is 0.0114. The standard InChI is InChI=1S/C20H21N3O5/c1-3-14(2)21(12-15-7-5-4-6-8-15)19(24)13-22-17-10-9-16(23(26)27)11-18(17)28-20(22)25/h4-11,14H,3,12-13H2,1-2H3. The molecule has 8 nitrogen and oxygen atoms in total. The van der Waals surface area contributed by atoms with Gasteiger partial charge >= 0.3 is 5.76 Å². The second-order valence-corrected chi connectivity index (χ2v) is 6.63. The summed E-state index contributed by atoms with van der Waals surface area (Å²) in [5, 5.41) is 10.9. The lowest BCUT2D eigenvalue weighted by Gasteiger charge is -2.29. The predicted octanol–water partition coefficient (Wildman–Crippen LogP) is 3.33. The largest absolute Gasteiger partial charge is 0.420 e. The van der Waals surface area contributed by atoms with Gasteiger partial charge in [0, 0.05) is 18.7 Å². The molecule has 0 bridgehead atoms. The molecular weight excluding hydrogens is 362 g/mol. The molecule has 8 heteroatoms. The minimum Gasteiger partial charge on any atom is -0.407 e. The van der Waals surface area contributed by atoms with E-state index in [-0.39, 0.29) is 29.8 Å². The van der Waals surface area contributed by atoms with E-state index in [1.54, 1.807) is 4.90 Å². The molecule has 0 saturated carbocycles. The number of benzene rings is 2. The summed E-state index contributed by atoms with van der Waals surface area (Å²) in [6, 6.07) is 13.5. The van der Waals surface area contributed by atoms with E-state index in [9.17, 15) is 19.7 Å². The highest BCUT2D eigenvalue weighted by Crippen LogP contribution is 2.20. The first-order valence-electron chi connectivity index (χ1n) is 9.02. The molecule has 3 aromatic rings. The van der Waals surface area contributed by atoms with Gasteiger partial charge in [-0.05, 0) is 25.0 Å². The number of amides is 1. The number of nitro groups is 1. The van der Waals surface area contributed by atoms with Crippen molar-refractivity contribution in [2.75, 3.05) is 0 Å². The Bertz CT molecular complexity index is 1050. The third-order valence-corrected chi connectivity index (χ3v) is 4.80. The normalized spacial score (nSPS) is 12.1. The average Bonchev–Trinajstić information content (AvgIpc) is 3.00. The molecule has 0 aliphatic rings. The summed E-state index contributed by atoms with van der Waals surface area (Å²) < 4.78 is 6.32. The highest BCUT2D eigenvalue weighted by molar-refractivity contribution is 5.81. The summed E-state index contributed by atoms with van der Waals surface area (Å²) in [7, 11) is 0. The second-order valence-electron chi connectivity index (χ2n) is 6.63. The number of rotatable bonds is 7. The minimum atomic E-state index is -0.715. The summed E-state index contributed by atoms with van der Waals surface area (Å²) in [5.41, 5.74) is 1.26. The molecule has 1 unspecified atom stereocenters. The fraction of sp³-hybridized carbons (Fsp3) is 0.300. The smallest absolute Gasteiger partial charge is 0.407 e. The Hall–Kier alpha value is -3.42. The SMILES string of the molecule is CCC(C)N(Cc1ccccc1)C(=O)Cn1c(=O)oc2cc([N+](=O)[O-])ccc21. The van der Waals surface area contributed by atoms with Crippen LogP contribution in [0.4, 0.5) is 5.69 Å². The van der Waals surface area contributed by atoms with Gasteiger partial charge in [-0.1, -0.05) is 37.3 Å². The first-order valence-corrected chi connectivity index (χ1v) is 9.02. The third-order valence-electron chi connectivity index (χ3n) is 4.80. The number of nitro benzene ring substituents is 1. The van der Waals surface area contributed by atoms with Crippen LogP contribution in [0.15, 0.2) is 57.7 Å². The van der Waals surface area contributed by atoms with Gasteiger partial charge < -0.3 is 9.32 Å². The van der Waals surface area contributed by atoms with Crippen molar-refractivity contribution in [3.63, 3.8) is 0 Å². The Kier molecular flexibility index (Phi) is 5.58. The maximum atomic E-state index is 13.0. The summed E-state index contributed by atoms with van der Waals surface area (Å²) in [4.78, 5) is 37.3. The molecule has 0 N–H and O–H groups in total. The number of non-ortho nitro benzene ring substituents is 1. The molecule has 1 atom stereocenters. The number of fused-ring (bicyclic) bond motifs is 1. The monoisotopic (exact) mass is 383 g/mol. The van der Waals surface area contributed by atoms with E-state index in [1.807, 2.05) is 44.2 Å². The van der Waals surface area contributed by atoms with Crippen LogP contribution in [0, 0.1) is 10.1 Å². The van der Waals surface area contributed by atoms with Crippen molar-refractivity contribution in [3.8, 4) is 0 Å². The maximum Gasteiger partial charge on any atom is 0.420 e. The van der Waals surface area contributed by atoms with Gasteiger partial charge in [-0.25, -0.2) is 4.79 Å². The van der Waals surface area contributed by atoms with Crippen molar-refractivity contribution in [3.05, 3.63) is 74.8 Å². The van der Waals surface area contributed by atoms with Crippen LogP contribution in [-0.4, -0.2) is 26.3 Å². The van der Waals surface area contributed by atoms with E-state index in [1.165, 1.54) is 22.8 Å². The number of oxazole rings is 1. The van der Waals surface area contributed by atoms with Crippen molar-refractivity contribution < 1.29 is 14.1 Å². The van der Waals surface area contributed by atoms with Crippen molar-refractivity contribution >= 4 is 22.7 Å². The Morgan fingerprint density at radius 3 is 2.61 bits per heavy atom. The van der Waals surface area contributed by atoms with Crippen molar-refractivity contribution in [1.82, 2.24) is 9.47 Å². The van der Waals surface area contributed by atoms with Gasteiger partial charge in [0.2, 0.25) is 5.91 Å². The van der Waals surface area contributed by atoms with Crippen LogP contribution in [0.1, 0.15) is 25.8 Å². The van der Waals surface area contributed by atoms with Gasteiger partial charge in [0.15, 0.2) is 5.58 Å². The molecule has 2 aromatic carbocycles. The predicted molar refractivity (Wildman–Crippen MR) is 104 cm³/mol. The summed E-state index contributed by atoms with van der Waals surface area (Å²) >= 11 is 0. The van der Waals surface area contributed by atoms with Gasteiger partial charge in [-0.15, -0.1) is 0 Å². The highest BCUT2D eigenvalue weighted by atomic mass is 16.6. The molecule has 0 aliphatic carbocycles. The third kappa shape index (κ3) is 3.95. The van der Waals surface area contributed by atoms with Crippen molar-refractivity contribution in [2.24, 2.45) is 0 Å². The lowest BCUT2D eigenvalue weighted by molar-refractivity contribution is -0.384. The number of carbonyl (C=O) groups is 1. The van der Waals surface area contributed by atoms with Crippen LogP contribution in [0.25, 0.3) is 11.1 Å². The molecular formula is C20H21N3O5. The first-order chi connectivity index (χ1) is 13.4. The van der Waals surface area contributed by atoms with Crippen molar-refractivity contribution in [2.45, 2.75) is 39.4 Å². The number of carbonyl (C=O) groups excluding carboxylic acids is 1. The molecule has 0 aliphatic heterocycles. The first kappa shape index (κ1) is 19.3. The number of aromatic nitrogens is 1. The lowest BCUT2D eigenvalue weighted by atomic mass is 10.1. The van der Waals surface area contributed by atoms with Gasteiger partial charge in [-0.3, -0.25) is 19.5 Å². The molecule has 1 aromatic heterocycles. The van der Waals surface area contributed by atoms with Crippen LogP contribution in [-0.2, 0) is 17.9 Å². The topological polar surface area (TPSA) is 98.6 Å². The van der Waals surface area contributed by atoms with E-state index in [4.69, 9.17) is 4.42 Å². The molecule has 146 valence electrons. The Labute approximate surface area is 161 Å². The fourth-order valence-electron chi connectivity index (χ4n) is 3.03. The van der Waals surface area contributed by atoms with Gasteiger partial charge in [0.1, 0.15) is 6.54 Å². The zero-order valence-corrected chi connectivity index (χ0v) is 15.7. The van der Waals surface area contributed by atoms with Crippen LogP contribution in [0.3, 0.4) is 0 Å². The fourth-order valence-corrected chi connectivity index (χ4v) is 3.03. The number of hydrogen-bond donors (Lipinski definition) is 0. The molecule has 28 heavy (non-hydrogen) atoms. The molecule has 0 spiro atoms. The molecule has 0 radical (unpaired) electrons. The van der Waals surface area contributed by atoms with E-state index in [2.05, 4.69) is 0 Å². The maximum absolute atomic E-state index is 13.0. The lowest BCUT2D eigenvalue weighted by Crippen LogP contribution is -2.40. The average molecular weight is 383 g/mol. The molecule has 1 amide bonds. The molecule has 3 rings (SSSR count). The Morgan fingerprint density at radius 2 is 1.96 bits per heavy atom. The highest BCUT2D eigenvalue weighted by Gasteiger charge is 2.22. The number of hydrogen-bond acceptors (Lipinski definition) is 5. The van der Waals surface area contributed by atoms with Gasteiger partial charge in [0.25, 0.3) is 5.69 Å². The van der Waals surface area contributed by atoms with Crippen LogP contribution < -0.4 is 5.76 Å². The van der Waals surface area contributed by atoms with Crippen LogP contribution in [0.5, 0.6) is 0 Å². The summed E-state index contributed by atoms with van der Waals surface area (Å²) in [6.45, 7) is 4.19. The quantitative estimate of drug-likeness (QED) is 0.460. The second kappa shape index (κ2) is 8.08. The van der Waals surface area contributed by atoms with Crippen LogP contribution in [0.2, 0.25) is 0 Å².